The Kier molecular flexibility index (Phi) is 4.11. The van der Waals surface area contributed by atoms with E-state index in [9.17, 15) is 4.79 Å². The molecular formula is C11H22N2O2. The fourth-order valence-electron chi connectivity index (χ4n) is 1.75. The van der Waals surface area contributed by atoms with Gasteiger partial charge in [-0.15, -0.1) is 0 Å². The lowest BCUT2D eigenvalue weighted by molar-refractivity contribution is -0.213. The van der Waals surface area contributed by atoms with E-state index in [4.69, 9.17) is 4.84 Å². The average molecular weight is 214 g/mol. The summed E-state index contributed by atoms with van der Waals surface area (Å²) < 4.78 is 0. The van der Waals surface area contributed by atoms with Crippen molar-refractivity contribution in [3.8, 4) is 0 Å². The van der Waals surface area contributed by atoms with Crippen LogP contribution in [-0.4, -0.2) is 35.7 Å². The van der Waals surface area contributed by atoms with Gasteiger partial charge in [0.05, 0.1) is 18.2 Å². The average Bonchev–Trinajstić information content (AvgIpc) is 2.63. The zero-order valence-electron chi connectivity index (χ0n) is 10.2. The molecule has 0 aromatic carbocycles. The molecule has 15 heavy (non-hydrogen) atoms. The number of hydrogen-bond donors (Lipinski definition) is 1. The number of hydrogen-bond acceptors (Lipinski definition) is 3. The second-order valence-corrected chi connectivity index (χ2v) is 4.87. The van der Waals surface area contributed by atoms with Gasteiger partial charge >= 0.3 is 0 Å². The first-order chi connectivity index (χ1) is 6.96. The predicted molar refractivity (Wildman–Crippen MR) is 59.2 cm³/mol. The molecule has 0 aliphatic carbocycles. The van der Waals surface area contributed by atoms with Crippen LogP contribution in [0.15, 0.2) is 0 Å². The van der Waals surface area contributed by atoms with Crippen LogP contribution in [0.1, 0.15) is 40.5 Å². The summed E-state index contributed by atoms with van der Waals surface area (Å²) in [6, 6.07) is -0.0595. The minimum Gasteiger partial charge on any atom is -0.306 e. The molecule has 1 fully saturated rings. The van der Waals surface area contributed by atoms with Gasteiger partial charge < -0.3 is 5.32 Å². The maximum absolute atomic E-state index is 12.1. The minimum atomic E-state index is -0.280. The number of amides is 1. The Labute approximate surface area is 91.9 Å². The fraction of sp³-hybridized carbons (Fsp3) is 0.909. The first-order valence-corrected chi connectivity index (χ1v) is 5.67. The molecule has 1 rings (SSSR count). The van der Waals surface area contributed by atoms with Gasteiger partial charge in [0.1, 0.15) is 0 Å². The number of nitrogens with one attached hydrogen (secondary N) is 1. The molecule has 1 aliphatic heterocycles. The van der Waals surface area contributed by atoms with Crippen molar-refractivity contribution >= 4 is 5.91 Å². The smallest absolute Gasteiger partial charge is 0.263 e. The predicted octanol–water partition coefficient (Wildman–Crippen LogP) is 1.32. The molecule has 0 spiro atoms. The van der Waals surface area contributed by atoms with Crippen molar-refractivity contribution in [2.24, 2.45) is 0 Å². The molecule has 4 heteroatoms. The van der Waals surface area contributed by atoms with E-state index in [0.717, 1.165) is 19.4 Å². The third-order valence-corrected chi connectivity index (χ3v) is 2.43. The van der Waals surface area contributed by atoms with Crippen LogP contribution in [0.4, 0.5) is 0 Å². The summed E-state index contributed by atoms with van der Waals surface area (Å²) in [6.45, 7) is 9.30. The number of hydroxylamine groups is 2. The van der Waals surface area contributed by atoms with E-state index in [1.54, 1.807) is 0 Å². The molecule has 0 saturated carbocycles. The fourth-order valence-corrected chi connectivity index (χ4v) is 1.75. The first kappa shape index (κ1) is 12.5. The van der Waals surface area contributed by atoms with E-state index < -0.39 is 0 Å². The van der Waals surface area contributed by atoms with E-state index in [1.165, 1.54) is 5.06 Å². The number of carbonyl (C=O) groups excluding carboxylic acids is 1. The van der Waals surface area contributed by atoms with E-state index in [-0.39, 0.29) is 17.5 Å². The van der Waals surface area contributed by atoms with E-state index >= 15 is 0 Å². The molecule has 1 atom stereocenters. The summed E-state index contributed by atoms with van der Waals surface area (Å²) in [7, 11) is 0. The topological polar surface area (TPSA) is 41.6 Å². The summed E-state index contributed by atoms with van der Waals surface area (Å²) in [5.41, 5.74) is -0.280. The highest BCUT2D eigenvalue weighted by atomic mass is 16.7. The molecule has 1 saturated heterocycles. The highest BCUT2D eigenvalue weighted by Gasteiger charge is 2.33. The van der Waals surface area contributed by atoms with Crippen molar-refractivity contribution in [3.05, 3.63) is 0 Å². The Balaban J connectivity index is 2.66. The number of rotatable bonds is 3. The lowest BCUT2D eigenvalue weighted by Gasteiger charge is -2.35. The molecule has 0 aromatic rings. The van der Waals surface area contributed by atoms with Crippen molar-refractivity contribution in [2.45, 2.75) is 52.1 Å². The lowest BCUT2D eigenvalue weighted by Crippen LogP contribution is -2.52. The molecule has 1 heterocycles. The quantitative estimate of drug-likeness (QED) is 0.720. The SMILES string of the molecule is CCON(C(=O)[C@@H]1CCCN1)C(C)(C)C. The van der Waals surface area contributed by atoms with E-state index in [1.807, 2.05) is 27.7 Å². The van der Waals surface area contributed by atoms with Crippen LogP contribution in [-0.2, 0) is 9.63 Å². The van der Waals surface area contributed by atoms with Crippen LogP contribution in [0.2, 0.25) is 0 Å². The number of carbonyl (C=O) groups is 1. The van der Waals surface area contributed by atoms with Crippen molar-refractivity contribution in [1.82, 2.24) is 10.4 Å². The molecule has 1 N–H and O–H groups in total. The van der Waals surface area contributed by atoms with Gasteiger partial charge in [0, 0.05) is 0 Å². The van der Waals surface area contributed by atoms with Crippen LogP contribution in [0.25, 0.3) is 0 Å². The highest BCUT2D eigenvalue weighted by molar-refractivity contribution is 5.81. The normalized spacial score (nSPS) is 21.7. The number of nitrogens with zero attached hydrogens (tertiary/aromatic N) is 1. The van der Waals surface area contributed by atoms with E-state index in [2.05, 4.69) is 5.32 Å². The van der Waals surface area contributed by atoms with Gasteiger partial charge in [-0.25, -0.2) is 5.06 Å². The van der Waals surface area contributed by atoms with Crippen molar-refractivity contribution in [1.29, 1.82) is 0 Å². The van der Waals surface area contributed by atoms with Gasteiger partial charge in [0.2, 0.25) is 0 Å². The van der Waals surface area contributed by atoms with Crippen LogP contribution in [0.3, 0.4) is 0 Å². The zero-order valence-corrected chi connectivity index (χ0v) is 10.2. The van der Waals surface area contributed by atoms with Crippen molar-refractivity contribution < 1.29 is 9.63 Å². The van der Waals surface area contributed by atoms with E-state index in [0.29, 0.717) is 6.61 Å². The van der Waals surface area contributed by atoms with Crippen molar-refractivity contribution in [3.63, 3.8) is 0 Å². The molecule has 0 bridgehead atoms. The van der Waals surface area contributed by atoms with Gasteiger partial charge in [-0.05, 0) is 47.1 Å². The Bertz CT molecular complexity index is 217. The Morgan fingerprint density at radius 2 is 2.20 bits per heavy atom. The van der Waals surface area contributed by atoms with Gasteiger partial charge in [-0.2, -0.15) is 0 Å². The molecule has 1 aliphatic rings. The Hall–Kier alpha value is -0.610. The summed E-state index contributed by atoms with van der Waals surface area (Å²) in [5, 5.41) is 4.71. The maximum Gasteiger partial charge on any atom is 0.263 e. The van der Waals surface area contributed by atoms with Crippen LogP contribution < -0.4 is 5.32 Å². The van der Waals surface area contributed by atoms with Crippen LogP contribution >= 0.6 is 0 Å². The molecule has 0 radical (unpaired) electrons. The highest BCUT2D eigenvalue weighted by Crippen LogP contribution is 2.18. The molecule has 0 unspecified atom stereocenters. The van der Waals surface area contributed by atoms with Gasteiger partial charge in [0.15, 0.2) is 0 Å². The lowest BCUT2D eigenvalue weighted by atomic mass is 10.1. The second-order valence-electron chi connectivity index (χ2n) is 4.87. The summed E-state index contributed by atoms with van der Waals surface area (Å²) in [4.78, 5) is 17.5. The molecule has 88 valence electrons. The summed E-state index contributed by atoms with van der Waals surface area (Å²) in [6.07, 6.45) is 1.99. The monoisotopic (exact) mass is 214 g/mol. The first-order valence-electron chi connectivity index (χ1n) is 5.67. The second kappa shape index (κ2) is 4.94. The minimum absolute atomic E-state index is 0.0573. The van der Waals surface area contributed by atoms with Gasteiger partial charge in [-0.3, -0.25) is 9.63 Å². The summed E-state index contributed by atoms with van der Waals surface area (Å²) in [5.74, 6) is 0.0573. The Morgan fingerprint density at radius 1 is 1.53 bits per heavy atom. The molecule has 1 amide bonds. The third-order valence-electron chi connectivity index (χ3n) is 2.43. The standard InChI is InChI=1S/C11H22N2O2/c1-5-15-13(11(2,3)4)10(14)9-7-6-8-12-9/h9,12H,5-8H2,1-4H3/t9-/m0/s1. The third kappa shape index (κ3) is 3.18. The van der Waals surface area contributed by atoms with Gasteiger partial charge in [-0.1, -0.05) is 0 Å². The largest absolute Gasteiger partial charge is 0.306 e. The molecule has 0 aromatic heterocycles. The van der Waals surface area contributed by atoms with Crippen molar-refractivity contribution in [2.75, 3.05) is 13.2 Å². The Morgan fingerprint density at radius 3 is 2.60 bits per heavy atom. The molecule has 4 nitrogen and oxygen atoms in total. The van der Waals surface area contributed by atoms with Gasteiger partial charge in [0.25, 0.3) is 5.91 Å². The maximum atomic E-state index is 12.1. The molecular weight excluding hydrogens is 192 g/mol. The summed E-state index contributed by atoms with van der Waals surface area (Å²) >= 11 is 0. The zero-order chi connectivity index (χ0) is 11.5. The van der Waals surface area contributed by atoms with Crippen LogP contribution in [0, 0.1) is 0 Å². The van der Waals surface area contributed by atoms with Crippen LogP contribution in [0.5, 0.6) is 0 Å².